The summed E-state index contributed by atoms with van der Waals surface area (Å²) in [5, 5.41) is 21.1. The summed E-state index contributed by atoms with van der Waals surface area (Å²) in [7, 11) is 1.98. The van der Waals surface area contributed by atoms with Gasteiger partial charge in [0.05, 0.1) is 0 Å². The van der Waals surface area contributed by atoms with E-state index in [1.807, 2.05) is 7.05 Å². The van der Waals surface area contributed by atoms with Gasteiger partial charge < -0.3 is 46.6 Å². The van der Waals surface area contributed by atoms with Gasteiger partial charge in [-0.25, -0.2) is 9.59 Å². The van der Waals surface area contributed by atoms with Gasteiger partial charge in [0.15, 0.2) is 6.10 Å². The zero-order chi connectivity index (χ0) is 32.3. The Hall–Kier alpha value is -3.91. The number of benzene rings is 1. The highest BCUT2D eigenvalue weighted by Gasteiger charge is 2.31. The van der Waals surface area contributed by atoms with Crippen LogP contribution in [-0.2, 0) is 19.1 Å². The average Bonchev–Trinajstić information content (AvgIpc) is 2.92. The lowest BCUT2D eigenvalue weighted by atomic mass is 10.0. The topological polar surface area (TPSA) is 195 Å². The number of ether oxygens (including phenoxy) is 1. The van der Waals surface area contributed by atoms with Gasteiger partial charge in [0.2, 0.25) is 11.8 Å². The number of urea groups is 1. The molecule has 2 rings (SSSR count). The lowest BCUT2D eigenvalue weighted by Crippen LogP contribution is -2.55. The second-order valence-corrected chi connectivity index (χ2v) is 12.0. The number of anilines is 1. The number of piperazine rings is 1. The van der Waals surface area contributed by atoms with E-state index in [9.17, 15) is 29.1 Å². The predicted octanol–water partition coefficient (Wildman–Crippen LogP) is 0.915. The minimum absolute atomic E-state index is 0.158. The molecule has 0 bridgehead atoms. The van der Waals surface area contributed by atoms with E-state index < -0.39 is 47.7 Å². The Labute approximate surface area is 253 Å². The molecule has 43 heavy (non-hydrogen) atoms. The molecule has 240 valence electrons. The average molecular weight is 606 g/mol. The number of amides is 6. The van der Waals surface area contributed by atoms with Gasteiger partial charge in [0.1, 0.15) is 17.7 Å². The molecule has 1 aliphatic rings. The Morgan fingerprint density at radius 1 is 0.977 bits per heavy atom. The van der Waals surface area contributed by atoms with Gasteiger partial charge in [-0.15, -0.1) is 0 Å². The van der Waals surface area contributed by atoms with Gasteiger partial charge in [0.25, 0.3) is 5.91 Å². The summed E-state index contributed by atoms with van der Waals surface area (Å²) in [6.45, 7) is 11.3. The number of nitrogens with one attached hydrogen (secondary N) is 4. The van der Waals surface area contributed by atoms with Crippen molar-refractivity contribution >= 4 is 35.5 Å². The normalized spacial score (nSPS) is 16.0. The number of aliphatic hydroxyl groups excluding tert-OH is 1. The van der Waals surface area contributed by atoms with E-state index in [2.05, 4.69) is 26.2 Å². The minimum atomic E-state index is -1.33. The van der Waals surface area contributed by atoms with Crippen LogP contribution in [0.5, 0.6) is 0 Å². The molecule has 0 saturated carbocycles. The van der Waals surface area contributed by atoms with Crippen molar-refractivity contribution in [2.24, 2.45) is 11.7 Å². The maximum atomic E-state index is 13.3. The van der Waals surface area contributed by atoms with Crippen molar-refractivity contribution in [3.8, 4) is 0 Å². The van der Waals surface area contributed by atoms with Gasteiger partial charge >= 0.3 is 12.1 Å². The fourth-order valence-corrected chi connectivity index (χ4v) is 4.34. The maximum absolute atomic E-state index is 13.3. The molecule has 14 nitrogen and oxygen atoms in total. The first-order valence-electron chi connectivity index (χ1n) is 14.5. The maximum Gasteiger partial charge on any atom is 0.408 e. The third kappa shape index (κ3) is 12.1. The van der Waals surface area contributed by atoms with E-state index in [4.69, 9.17) is 10.5 Å². The molecule has 1 aromatic rings. The van der Waals surface area contributed by atoms with Crippen LogP contribution in [0.2, 0.25) is 0 Å². The molecule has 0 spiro atoms. The fraction of sp³-hybridized carbons (Fsp3) is 0.621. The number of alkyl carbamates (subject to hydrolysis) is 1. The third-order valence-electron chi connectivity index (χ3n) is 6.77. The Kier molecular flexibility index (Phi) is 13.2. The van der Waals surface area contributed by atoms with Gasteiger partial charge in [-0.3, -0.25) is 14.4 Å². The van der Waals surface area contributed by atoms with Crippen molar-refractivity contribution in [2.45, 2.75) is 71.2 Å². The Balaban J connectivity index is 2.10. The Morgan fingerprint density at radius 3 is 2.12 bits per heavy atom. The highest BCUT2D eigenvalue weighted by molar-refractivity contribution is 5.98. The molecule has 7 N–H and O–H groups in total. The molecule has 1 heterocycles. The molecule has 0 aromatic heterocycles. The van der Waals surface area contributed by atoms with E-state index in [0.717, 1.165) is 13.1 Å². The fourth-order valence-electron chi connectivity index (χ4n) is 4.34. The highest BCUT2D eigenvalue weighted by atomic mass is 16.6. The monoisotopic (exact) mass is 605 g/mol. The number of carbonyl (C=O) groups is 5. The first kappa shape index (κ1) is 35.3. The largest absolute Gasteiger partial charge is 0.444 e. The van der Waals surface area contributed by atoms with Gasteiger partial charge in [0, 0.05) is 38.4 Å². The van der Waals surface area contributed by atoms with Crippen LogP contribution in [0.4, 0.5) is 15.3 Å². The molecule has 14 heteroatoms. The molecule has 3 atom stereocenters. The molecule has 1 aromatic carbocycles. The lowest BCUT2D eigenvalue weighted by molar-refractivity contribution is -0.142. The number of nitrogens with zero attached hydrogens (tertiary/aromatic N) is 2. The molecule has 1 unspecified atom stereocenters. The van der Waals surface area contributed by atoms with Crippen molar-refractivity contribution < 1.29 is 33.8 Å². The van der Waals surface area contributed by atoms with E-state index in [1.54, 1.807) is 63.8 Å². The number of aliphatic hydroxyl groups is 1. The number of hydrogen-bond donors (Lipinski definition) is 6. The number of hydrogen-bond acceptors (Lipinski definition) is 8. The molecular formula is C29H47N7O7. The van der Waals surface area contributed by atoms with Crippen LogP contribution < -0.4 is 27.0 Å². The van der Waals surface area contributed by atoms with Gasteiger partial charge in [-0.1, -0.05) is 26.0 Å². The zero-order valence-electron chi connectivity index (χ0n) is 25.9. The Bertz CT molecular complexity index is 1110. The minimum Gasteiger partial charge on any atom is -0.444 e. The van der Waals surface area contributed by atoms with Gasteiger partial charge in [-0.05, 0) is 64.3 Å². The van der Waals surface area contributed by atoms with Crippen molar-refractivity contribution in [2.75, 3.05) is 45.1 Å². The molecule has 1 saturated heterocycles. The number of rotatable bonds is 12. The zero-order valence-corrected chi connectivity index (χ0v) is 25.9. The smallest absolute Gasteiger partial charge is 0.408 e. The summed E-state index contributed by atoms with van der Waals surface area (Å²) in [5.74, 6) is -1.81. The first-order valence-corrected chi connectivity index (χ1v) is 14.5. The summed E-state index contributed by atoms with van der Waals surface area (Å²) in [6.07, 6.45) is -1.61. The standard InChI is InChI=1S/C29H47N7O7/c1-18(2)22(34-28(42)43-29(3,4)5)25(39)33-21(8-7-13-31-27(30)41)24(38)32-20-11-9-19(10-12-20)23(37)26(40)36-16-14-35(6)15-17-36/h9-12,18,21-23,37H,7-8,13-17H2,1-6H3,(H,32,38)(H,33,39)(H,34,42)(H3,30,31,41)/t21-,22-,23?/m0/s1. The molecule has 1 fully saturated rings. The summed E-state index contributed by atoms with van der Waals surface area (Å²) >= 11 is 0. The van der Waals surface area contributed by atoms with E-state index in [0.29, 0.717) is 30.8 Å². The molecule has 1 aliphatic heterocycles. The third-order valence-corrected chi connectivity index (χ3v) is 6.77. The summed E-state index contributed by atoms with van der Waals surface area (Å²) in [5.41, 5.74) is 5.13. The summed E-state index contributed by atoms with van der Waals surface area (Å²) in [4.78, 5) is 66.4. The number of nitrogens with two attached hydrogens (primary N) is 1. The van der Waals surface area contributed by atoms with Crippen molar-refractivity contribution in [3.63, 3.8) is 0 Å². The highest BCUT2D eigenvalue weighted by Crippen LogP contribution is 2.20. The van der Waals surface area contributed by atoms with Crippen LogP contribution in [0.1, 0.15) is 59.1 Å². The Morgan fingerprint density at radius 2 is 1.58 bits per heavy atom. The van der Waals surface area contributed by atoms with Crippen LogP contribution >= 0.6 is 0 Å². The van der Waals surface area contributed by atoms with Crippen molar-refractivity contribution in [1.82, 2.24) is 25.8 Å². The summed E-state index contributed by atoms with van der Waals surface area (Å²) in [6, 6.07) is 3.51. The number of primary amides is 1. The van der Waals surface area contributed by atoms with Crippen LogP contribution in [0.3, 0.4) is 0 Å². The van der Waals surface area contributed by atoms with Crippen molar-refractivity contribution in [3.05, 3.63) is 29.8 Å². The van der Waals surface area contributed by atoms with E-state index >= 15 is 0 Å². The second-order valence-electron chi connectivity index (χ2n) is 12.0. The molecular weight excluding hydrogens is 558 g/mol. The van der Waals surface area contributed by atoms with E-state index in [-0.39, 0.29) is 24.8 Å². The van der Waals surface area contributed by atoms with E-state index in [1.165, 1.54) is 0 Å². The SMILES string of the molecule is CC(C)[C@H](NC(=O)OC(C)(C)C)C(=O)N[C@@H](CCCNC(N)=O)C(=O)Nc1ccc(C(O)C(=O)N2CCN(C)CC2)cc1. The molecule has 0 radical (unpaired) electrons. The lowest BCUT2D eigenvalue weighted by Gasteiger charge is -2.33. The van der Waals surface area contributed by atoms with Crippen LogP contribution in [0.15, 0.2) is 24.3 Å². The van der Waals surface area contributed by atoms with Gasteiger partial charge in [-0.2, -0.15) is 0 Å². The number of likely N-dealkylation sites (N-methyl/N-ethyl adjacent to an activating group) is 1. The molecule has 0 aliphatic carbocycles. The van der Waals surface area contributed by atoms with Crippen LogP contribution in [-0.4, -0.2) is 102 Å². The summed E-state index contributed by atoms with van der Waals surface area (Å²) < 4.78 is 5.28. The van der Waals surface area contributed by atoms with Crippen molar-refractivity contribution in [1.29, 1.82) is 0 Å². The van der Waals surface area contributed by atoms with Crippen LogP contribution in [0, 0.1) is 5.92 Å². The van der Waals surface area contributed by atoms with Crippen LogP contribution in [0.25, 0.3) is 0 Å². The quantitative estimate of drug-likeness (QED) is 0.189. The second kappa shape index (κ2) is 16.1. The number of carbonyl (C=O) groups excluding carboxylic acids is 5. The first-order chi connectivity index (χ1) is 20.1. The molecule has 6 amide bonds. The predicted molar refractivity (Wildman–Crippen MR) is 161 cm³/mol.